The molecule has 0 amide bonds. The predicted octanol–water partition coefficient (Wildman–Crippen LogP) is -3.03. The first kappa shape index (κ1) is 15.9. The zero-order valence-electron chi connectivity index (χ0n) is 2.90. The quantitative estimate of drug-likeness (QED) is 0.325. The van der Waals surface area contributed by atoms with Gasteiger partial charge < -0.3 is 14.7 Å². The van der Waals surface area contributed by atoms with Crippen molar-refractivity contribution >= 4 is 57.6 Å². The molecule has 0 aliphatic heterocycles. The molecule has 0 unspecified atom stereocenters. The Hall–Kier alpha value is 1.78. The molecule has 0 aliphatic rings. The second kappa shape index (κ2) is 5.91. The molecule has 7 heavy (non-hydrogen) atoms. The maximum atomic E-state index is 8.88. The maximum absolute atomic E-state index is 8.88. The summed E-state index contributed by atoms with van der Waals surface area (Å²) < 4.78 is 8.88. The summed E-state index contributed by atoms with van der Waals surface area (Å²) in [7, 11) is -4.64. The van der Waals surface area contributed by atoms with E-state index in [1.165, 1.54) is 0 Å². The molecule has 3 N–H and O–H groups in total. The molecular weight excluding hydrogens is 328 g/mol. The molecule has 0 rings (SSSR count). The molecule has 44 valence electrons. The molecule has 4 nitrogen and oxygen atoms in total. The van der Waals surface area contributed by atoms with E-state index in [0.29, 0.717) is 0 Å². The minimum absolute atomic E-state index is 0. The number of hydrogen-bond donors (Lipinski definition) is 3. The van der Waals surface area contributed by atoms with E-state index in [-0.39, 0.29) is 49.8 Å². The summed E-state index contributed by atoms with van der Waals surface area (Å²) in [5, 5.41) is 0. The Morgan fingerprint density at radius 2 is 1.14 bits per heavy atom. The van der Waals surface area contributed by atoms with E-state index in [2.05, 4.69) is 0 Å². The molecule has 0 aromatic heterocycles. The van der Waals surface area contributed by atoms with Crippen LogP contribution in [0.5, 0.6) is 0 Å². The molecule has 0 saturated heterocycles. The van der Waals surface area contributed by atoms with Gasteiger partial charge in [0.05, 0.1) is 0 Å². The van der Waals surface area contributed by atoms with Gasteiger partial charge in [-0.05, 0) is 0 Å². The molecule has 0 aromatic rings. The van der Waals surface area contributed by atoms with Crippen molar-refractivity contribution in [3.05, 3.63) is 0 Å². The SMILES string of the molecule is O=P(O)(O)O.[InH3].[SnH2]. The van der Waals surface area contributed by atoms with Gasteiger partial charge in [0.15, 0.2) is 0 Å². The van der Waals surface area contributed by atoms with Crippen molar-refractivity contribution in [2.75, 3.05) is 0 Å². The van der Waals surface area contributed by atoms with E-state index in [4.69, 9.17) is 19.2 Å². The van der Waals surface area contributed by atoms with Gasteiger partial charge in [-0.2, -0.15) is 0 Å². The summed E-state index contributed by atoms with van der Waals surface area (Å²) >= 11 is 0. The minimum atomic E-state index is -4.64. The van der Waals surface area contributed by atoms with Crippen molar-refractivity contribution in [1.29, 1.82) is 0 Å². The van der Waals surface area contributed by atoms with Crippen LogP contribution in [0.4, 0.5) is 0 Å². The van der Waals surface area contributed by atoms with Crippen LogP contribution in [0.3, 0.4) is 0 Å². The summed E-state index contributed by atoms with van der Waals surface area (Å²) in [5.41, 5.74) is 0. The van der Waals surface area contributed by atoms with Crippen molar-refractivity contribution < 1.29 is 19.2 Å². The van der Waals surface area contributed by atoms with Crippen LogP contribution in [0.25, 0.3) is 0 Å². The fraction of sp³-hybridized carbons (Fsp3) is 0. The van der Waals surface area contributed by atoms with E-state index in [0.717, 1.165) is 0 Å². The molecule has 0 saturated carbocycles. The molecule has 0 bridgehead atoms. The van der Waals surface area contributed by atoms with Crippen LogP contribution < -0.4 is 0 Å². The topological polar surface area (TPSA) is 77.8 Å². The van der Waals surface area contributed by atoms with Gasteiger partial charge in [-0.15, -0.1) is 0 Å². The third-order valence-electron chi connectivity index (χ3n) is 0. The van der Waals surface area contributed by atoms with Gasteiger partial charge in [0.25, 0.3) is 0 Å². The summed E-state index contributed by atoms with van der Waals surface area (Å²) in [6.45, 7) is 0. The second-order valence-corrected chi connectivity index (χ2v) is 1.54. The normalized spacial score (nSPS) is 8.43. The van der Waals surface area contributed by atoms with Crippen LogP contribution in [0.2, 0.25) is 0 Å². The van der Waals surface area contributed by atoms with E-state index in [1.54, 1.807) is 0 Å². The van der Waals surface area contributed by atoms with Gasteiger partial charge in [0, 0.05) is 0 Å². The van der Waals surface area contributed by atoms with E-state index in [9.17, 15) is 0 Å². The fourth-order valence-electron chi connectivity index (χ4n) is 0. The molecule has 0 heterocycles. The monoisotopic (exact) mass is 338 g/mol. The Morgan fingerprint density at radius 1 is 1.14 bits per heavy atom. The fourth-order valence-corrected chi connectivity index (χ4v) is 0. The van der Waals surface area contributed by atoms with Crippen molar-refractivity contribution in [3.8, 4) is 0 Å². The summed E-state index contributed by atoms with van der Waals surface area (Å²) in [5.74, 6) is 0. The average Bonchev–Trinajstić information content (AvgIpc) is 0.722. The van der Waals surface area contributed by atoms with Gasteiger partial charge in [0.2, 0.25) is 0 Å². The van der Waals surface area contributed by atoms with Gasteiger partial charge in [-0.3, -0.25) is 0 Å². The first-order chi connectivity index (χ1) is 2.00. The van der Waals surface area contributed by atoms with Crippen LogP contribution >= 0.6 is 7.82 Å². The average molecular weight is 337 g/mol. The van der Waals surface area contributed by atoms with Crippen LogP contribution in [-0.2, 0) is 4.57 Å². The Labute approximate surface area is 76.3 Å². The molecule has 0 atom stereocenters. The standard InChI is InChI=1S/In.H3O4P.Sn.5H/c;1-5(2,3)4;;;;;;/h;(H3,1,2,3,4);;;;;;. The molecule has 0 fully saturated rings. The van der Waals surface area contributed by atoms with E-state index in [1.807, 2.05) is 0 Å². The van der Waals surface area contributed by atoms with Gasteiger partial charge >= 0.3 is 57.6 Å². The van der Waals surface area contributed by atoms with Crippen LogP contribution in [0, 0.1) is 0 Å². The van der Waals surface area contributed by atoms with Crippen molar-refractivity contribution in [2.45, 2.75) is 0 Å². The van der Waals surface area contributed by atoms with E-state index < -0.39 is 7.82 Å². The van der Waals surface area contributed by atoms with Crippen LogP contribution in [0.1, 0.15) is 0 Å². The Balaban J connectivity index is -0.0000000800. The first-order valence-corrected chi connectivity index (χ1v) is 2.35. The first-order valence-electron chi connectivity index (χ1n) is 0.783. The predicted molar refractivity (Wildman–Crippen MR) is 32.7 cm³/mol. The molecule has 2 radical (unpaired) electrons. The van der Waals surface area contributed by atoms with Gasteiger partial charge in [-0.25, -0.2) is 4.57 Å². The summed E-state index contributed by atoms with van der Waals surface area (Å²) in [6.07, 6.45) is 0. The van der Waals surface area contributed by atoms with Gasteiger partial charge in [-0.1, -0.05) is 0 Å². The van der Waals surface area contributed by atoms with E-state index >= 15 is 0 Å². The summed E-state index contributed by atoms with van der Waals surface area (Å²) in [6, 6.07) is 0. The molecule has 0 aliphatic carbocycles. The molecule has 7 heteroatoms. The zero-order valence-corrected chi connectivity index (χ0v) is 7.83. The Morgan fingerprint density at radius 3 is 1.14 bits per heavy atom. The Kier molecular flexibility index (Phi) is 13.4. The Bertz CT molecular complexity index is 57.8. The van der Waals surface area contributed by atoms with Crippen molar-refractivity contribution in [2.24, 2.45) is 0 Å². The molecular formula is H8InO4PSn. The van der Waals surface area contributed by atoms with Crippen molar-refractivity contribution in [1.82, 2.24) is 0 Å². The molecule has 0 aromatic carbocycles. The number of hydrogen-bond acceptors (Lipinski definition) is 1. The third kappa shape index (κ3) is 82.1. The van der Waals surface area contributed by atoms with Gasteiger partial charge in [0.1, 0.15) is 0 Å². The number of phosphoric acid groups is 1. The zero-order chi connectivity index (χ0) is 4.50. The van der Waals surface area contributed by atoms with Crippen LogP contribution in [-0.4, -0.2) is 64.4 Å². The van der Waals surface area contributed by atoms with Crippen LogP contribution in [0.15, 0.2) is 0 Å². The summed E-state index contributed by atoms with van der Waals surface area (Å²) in [4.78, 5) is 21.6. The van der Waals surface area contributed by atoms with Crippen molar-refractivity contribution in [3.63, 3.8) is 0 Å². The number of rotatable bonds is 0. The second-order valence-electron chi connectivity index (χ2n) is 0.513. The third-order valence-corrected chi connectivity index (χ3v) is 0. The molecule has 0 spiro atoms.